The van der Waals surface area contributed by atoms with Crippen molar-refractivity contribution in [2.75, 3.05) is 6.54 Å². The Morgan fingerprint density at radius 3 is 2.43 bits per heavy atom. The van der Waals surface area contributed by atoms with E-state index in [1.165, 1.54) is 0 Å². The summed E-state index contributed by atoms with van der Waals surface area (Å²) in [5, 5.41) is 17.7. The van der Waals surface area contributed by atoms with Crippen LogP contribution in [-0.2, 0) is 4.79 Å². The van der Waals surface area contributed by atoms with Gasteiger partial charge in [-0.25, -0.2) is 0 Å². The quantitative estimate of drug-likeness (QED) is 0.245. The second kappa shape index (κ2) is 6.17. The number of hydrogen-bond acceptors (Lipinski definition) is 4. The highest BCUT2D eigenvalue weighted by atomic mass is 16.4. The van der Waals surface area contributed by atoms with Crippen LogP contribution in [0.4, 0.5) is 0 Å². The average molecular weight is 204 g/mol. The van der Waals surface area contributed by atoms with Gasteiger partial charge in [-0.15, -0.1) is 0 Å². The fraction of sp³-hybridized carbons (Fsp3) is 0.714. The summed E-state index contributed by atoms with van der Waals surface area (Å²) in [6.45, 7) is 0.260. The predicted octanol–water partition coefficient (Wildman–Crippen LogP) is -2.19. The molecule has 14 heavy (non-hydrogen) atoms. The molecule has 1 unspecified atom stereocenters. The van der Waals surface area contributed by atoms with Crippen molar-refractivity contribution in [3.8, 4) is 0 Å². The summed E-state index contributed by atoms with van der Waals surface area (Å²) in [7, 11) is 0. The summed E-state index contributed by atoms with van der Waals surface area (Å²) in [5.74, 6) is -1.19. The molecule has 82 valence electrons. The number of carboxylic acid groups (broad SMARTS) is 1. The van der Waals surface area contributed by atoms with Crippen LogP contribution in [0, 0.1) is 0 Å². The molecule has 0 fully saturated rings. The van der Waals surface area contributed by atoms with Crippen LogP contribution < -0.4 is 17.2 Å². The Bertz CT molecular complexity index is 215. The monoisotopic (exact) mass is 204 g/mol. The first kappa shape index (κ1) is 12.7. The summed E-state index contributed by atoms with van der Waals surface area (Å²) < 4.78 is 0. The zero-order chi connectivity index (χ0) is 11.1. The second-order valence-corrected chi connectivity index (χ2v) is 2.93. The Kier molecular flexibility index (Phi) is 5.58. The lowest BCUT2D eigenvalue weighted by Crippen LogP contribution is -2.34. The van der Waals surface area contributed by atoms with E-state index in [0.29, 0.717) is 6.42 Å². The van der Waals surface area contributed by atoms with Crippen LogP contribution >= 0.6 is 0 Å². The van der Waals surface area contributed by atoms with Crippen LogP contribution in [0.2, 0.25) is 0 Å². The molecule has 0 aliphatic carbocycles. The van der Waals surface area contributed by atoms with E-state index in [4.69, 9.17) is 22.3 Å². The highest BCUT2D eigenvalue weighted by molar-refractivity contribution is 5.75. The lowest BCUT2D eigenvalue weighted by molar-refractivity contribution is -0.139. The van der Waals surface area contributed by atoms with Crippen LogP contribution in [0.5, 0.6) is 0 Å². The first-order valence-corrected chi connectivity index (χ1v) is 4.15. The lowest BCUT2D eigenvalue weighted by atomic mass is 10.1. The van der Waals surface area contributed by atoms with Crippen LogP contribution in [0.3, 0.4) is 0 Å². The molecule has 0 aliphatic heterocycles. The molecule has 0 aliphatic rings. The number of carbonyl (C=O) groups is 1. The van der Waals surface area contributed by atoms with Crippen LogP contribution in [0.1, 0.15) is 12.8 Å². The number of guanidine groups is 1. The van der Waals surface area contributed by atoms with Gasteiger partial charge in [0.15, 0.2) is 5.96 Å². The number of rotatable bonds is 6. The first-order valence-electron chi connectivity index (χ1n) is 4.15. The van der Waals surface area contributed by atoms with E-state index in [0.717, 1.165) is 0 Å². The van der Waals surface area contributed by atoms with Crippen molar-refractivity contribution < 1.29 is 15.0 Å². The van der Waals surface area contributed by atoms with Gasteiger partial charge in [0.2, 0.25) is 0 Å². The Hall–Kier alpha value is -1.34. The van der Waals surface area contributed by atoms with E-state index in [9.17, 15) is 9.90 Å². The van der Waals surface area contributed by atoms with Crippen molar-refractivity contribution in [2.24, 2.45) is 22.2 Å². The highest BCUT2D eigenvalue weighted by Gasteiger charge is 2.16. The van der Waals surface area contributed by atoms with Crippen molar-refractivity contribution in [1.82, 2.24) is 0 Å². The van der Waals surface area contributed by atoms with Gasteiger partial charge in [0.25, 0.3) is 0 Å². The summed E-state index contributed by atoms with van der Waals surface area (Å²) in [5.41, 5.74) is 15.3. The number of carboxylic acids is 1. The van der Waals surface area contributed by atoms with Gasteiger partial charge in [-0.2, -0.15) is 0 Å². The molecule has 2 atom stereocenters. The van der Waals surface area contributed by atoms with E-state index in [1.807, 2.05) is 0 Å². The highest BCUT2D eigenvalue weighted by Crippen LogP contribution is 2.01. The van der Waals surface area contributed by atoms with Gasteiger partial charge in [0.1, 0.15) is 6.04 Å². The third kappa shape index (κ3) is 6.21. The SMILES string of the molecule is NC(N)=NCCC(O)C[C@H](N)C(=O)O. The minimum Gasteiger partial charge on any atom is -0.480 e. The Labute approximate surface area is 81.6 Å². The van der Waals surface area contributed by atoms with E-state index >= 15 is 0 Å². The second-order valence-electron chi connectivity index (χ2n) is 2.93. The number of nitrogens with zero attached hydrogens (tertiary/aromatic N) is 1. The molecule has 0 rings (SSSR count). The van der Waals surface area contributed by atoms with Gasteiger partial charge in [0, 0.05) is 6.54 Å². The summed E-state index contributed by atoms with van der Waals surface area (Å²) in [4.78, 5) is 14.0. The van der Waals surface area contributed by atoms with Gasteiger partial charge in [0.05, 0.1) is 6.10 Å². The molecular weight excluding hydrogens is 188 g/mol. The van der Waals surface area contributed by atoms with Gasteiger partial charge >= 0.3 is 5.97 Å². The first-order chi connectivity index (χ1) is 6.43. The Balaban J connectivity index is 3.70. The molecule has 0 aromatic heterocycles. The Morgan fingerprint density at radius 1 is 1.43 bits per heavy atom. The number of aliphatic carboxylic acids is 1. The molecule has 0 radical (unpaired) electrons. The molecule has 7 nitrogen and oxygen atoms in total. The molecule has 0 amide bonds. The minimum absolute atomic E-state index is 0.00463. The molecule has 0 bridgehead atoms. The average Bonchev–Trinajstić information content (AvgIpc) is 2.02. The smallest absolute Gasteiger partial charge is 0.320 e. The summed E-state index contributed by atoms with van der Waals surface area (Å²) in [6.07, 6.45) is -0.516. The maximum absolute atomic E-state index is 10.3. The molecule has 0 aromatic carbocycles. The number of aliphatic hydroxyl groups excluding tert-OH is 1. The molecule has 0 spiro atoms. The topological polar surface area (TPSA) is 148 Å². The van der Waals surface area contributed by atoms with Gasteiger partial charge in [-0.3, -0.25) is 9.79 Å². The van der Waals surface area contributed by atoms with Crippen molar-refractivity contribution >= 4 is 11.9 Å². The normalized spacial score (nSPS) is 14.4. The number of nitrogens with two attached hydrogens (primary N) is 3. The van der Waals surface area contributed by atoms with E-state index in [1.54, 1.807) is 0 Å². The number of aliphatic imine (C=N–C) groups is 1. The van der Waals surface area contributed by atoms with E-state index in [-0.39, 0.29) is 18.9 Å². The molecule has 7 heteroatoms. The van der Waals surface area contributed by atoms with Crippen LogP contribution in [0.25, 0.3) is 0 Å². The molecule has 0 saturated heterocycles. The summed E-state index contributed by atoms with van der Waals surface area (Å²) >= 11 is 0. The lowest BCUT2D eigenvalue weighted by Gasteiger charge is -2.11. The number of hydrogen-bond donors (Lipinski definition) is 5. The largest absolute Gasteiger partial charge is 0.480 e. The minimum atomic E-state index is -1.13. The van der Waals surface area contributed by atoms with Gasteiger partial charge in [-0.1, -0.05) is 0 Å². The molecular formula is C7H16N4O3. The third-order valence-corrected chi connectivity index (χ3v) is 1.60. The number of aliphatic hydroxyl groups is 1. The molecule has 0 aromatic rings. The van der Waals surface area contributed by atoms with Crippen molar-refractivity contribution in [2.45, 2.75) is 25.0 Å². The molecule has 0 heterocycles. The zero-order valence-electron chi connectivity index (χ0n) is 7.76. The third-order valence-electron chi connectivity index (χ3n) is 1.60. The van der Waals surface area contributed by atoms with Crippen LogP contribution in [0.15, 0.2) is 4.99 Å². The van der Waals surface area contributed by atoms with Gasteiger partial charge in [-0.05, 0) is 12.8 Å². The fourth-order valence-electron chi connectivity index (χ4n) is 0.854. The zero-order valence-corrected chi connectivity index (χ0v) is 7.76. The Morgan fingerprint density at radius 2 is 2.00 bits per heavy atom. The van der Waals surface area contributed by atoms with Crippen molar-refractivity contribution in [3.05, 3.63) is 0 Å². The molecule has 8 N–H and O–H groups in total. The van der Waals surface area contributed by atoms with E-state index < -0.39 is 18.1 Å². The van der Waals surface area contributed by atoms with Crippen LogP contribution in [-0.4, -0.2) is 40.8 Å². The standard InChI is InChI=1S/C7H16N4O3/c8-5(6(13)14)3-4(12)1-2-11-7(9)10/h4-5,12H,1-3,8H2,(H,13,14)(H4,9,10,11)/t4?,5-/m0/s1. The fourth-order valence-corrected chi connectivity index (χ4v) is 0.854. The molecule has 0 saturated carbocycles. The van der Waals surface area contributed by atoms with Crippen molar-refractivity contribution in [3.63, 3.8) is 0 Å². The van der Waals surface area contributed by atoms with Crippen molar-refractivity contribution in [1.29, 1.82) is 0 Å². The summed E-state index contributed by atoms with van der Waals surface area (Å²) in [6, 6.07) is -1.05. The van der Waals surface area contributed by atoms with E-state index in [2.05, 4.69) is 4.99 Å². The predicted molar refractivity (Wildman–Crippen MR) is 51.5 cm³/mol. The maximum atomic E-state index is 10.3. The van der Waals surface area contributed by atoms with Gasteiger partial charge < -0.3 is 27.4 Å². The maximum Gasteiger partial charge on any atom is 0.320 e.